The lowest BCUT2D eigenvalue weighted by Gasteiger charge is -2.08. The highest BCUT2D eigenvalue weighted by Gasteiger charge is 2.05. The molecule has 0 unspecified atom stereocenters. The predicted molar refractivity (Wildman–Crippen MR) is 67.2 cm³/mol. The van der Waals surface area contributed by atoms with Crippen LogP contribution in [0.4, 0.5) is 0 Å². The number of carbonyl (C=O) groups is 1. The van der Waals surface area contributed by atoms with Crippen molar-refractivity contribution < 1.29 is 9.53 Å². The SMILES string of the molecule is NCc1ncccc1Oc1ccc(C(N)=O)cc1. The van der Waals surface area contributed by atoms with Gasteiger partial charge in [0.05, 0.1) is 5.69 Å². The van der Waals surface area contributed by atoms with Crippen molar-refractivity contribution in [2.45, 2.75) is 6.54 Å². The van der Waals surface area contributed by atoms with Gasteiger partial charge in [-0.1, -0.05) is 0 Å². The molecule has 1 aromatic carbocycles. The van der Waals surface area contributed by atoms with Crippen molar-refractivity contribution >= 4 is 5.91 Å². The Labute approximate surface area is 104 Å². The molecule has 92 valence electrons. The van der Waals surface area contributed by atoms with Crippen LogP contribution in [0.3, 0.4) is 0 Å². The highest BCUT2D eigenvalue weighted by molar-refractivity contribution is 5.92. The van der Waals surface area contributed by atoms with Gasteiger partial charge in [-0.05, 0) is 36.4 Å². The minimum absolute atomic E-state index is 0.301. The number of ether oxygens (including phenoxy) is 1. The number of carbonyl (C=O) groups excluding carboxylic acids is 1. The zero-order valence-electron chi connectivity index (χ0n) is 9.67. The van der Waals surface area contributed by atoms with Crippen molar-refractivity contribution in [3.05, 3.63) is 53.9 Å². The predicted octanol–water partition coefficient (Wildman–Crippen LogP) is 1.43. The molecule has 0 bridgehead atoms. The van der Waals surface area contributed by atoms with Gasteiger partial charge >= 0.3 is 0 Å². The molecule has 0 fully saturated rings. The van der Waals surface area contributed by atoms with Crippen LogP contribution in [-0.2, 0) is 6.54 Å². The second-order valence-corrected chi connectivity index (χ2v) is 3.64. The lowest BCUT2D eigenvalue weighted by molar-refractivity contribution is 0.100. The van der Waals surface area contributed by atoms with E-state index in [2.05, 4.69) is 4.98 Å². The first-order chi connectivity index (χ1) is 8.70. The molecule has 0 aliphatic rings. The van der Waals surface area contributed by atoms with Crippen molar-refractivity contribution in [1.29, 1.82) is 0 Å². The maximum absolute atomic E-state index is 10.9. The molecule has 2 aromatic rings. The van der Waals surface area contributed by atoms with E-state index in [-0.39, 0.29) is 0 Å². The fraction of sp³-hybridized carbons (Fsp3) is 0.0769. The summed E-state index contributed by atoms with van der Waals surface area (Å²) < 4.78 is 5.64. The number of primary amides is 1. The van der Waals surface area contributed by atoms with Crippen LogP contribution < -0.4 is 16.2 Å². The standard InChI is InChI=1S/C13H13N3O2/c14-8-11-12(2-1-7-16-11)18-10-5-3-9(4-6-10)13(15)17/h1-7H,8,14H2,(H2,15,17). The summed E-state index contributed by atoms with van der Waals surface area (Å²) in [6.07, 6.45) is 1.66. The highest BCUT2D eigenvalue weighted by Crippen LogP contribution is 2.23. The van der Waals surface area contributed by atoms with E-state index in [1.165, 1.54) is 0 Å². The zero-order chi connectivity index (χ0) is 13.0. The summed E-state index contributed by atoms with van der Waals surface area (Å²) in [6, 6.07) is 10.1. The number of amides is 1. The number of nitrogens with zero attached hydrogens (tertiary/aromatic N) is 1. The fourth-order valence-electron chi connectivity index (χ4n) is 1.48. The smallest absolute Gasteiger partial charge is 0.248 e. The minimum atomic E-state index is -0.467. The van der Waals surface area contributed by atoms with Gasteiger partial charge in [-0.15, -0.1) is 0 Å². The Bertz CT molecular complexity index is 552. The first kappa shape index (κ1) is 12.1. The summed E-state index contributed by atoms with van der Waals surface area (Å²) >= 11 is 0. The molecule has 0 saturated heterocycles. The topological polar surface area (TPSA) is 91.2 Å². The van der Waals surface area contributed by atoms with E-state index in [1.807, 2.05) is 0 Å². The molecule has 0 spiro atoms. The van der Waals surface area contributed by atoms with Gasteiger partial charge in [0.25, 0.3) is 0 Å². The van der Waals surface area contributed by atoms with E-state index < -0.39 is 5.91 Å². The molecule has 1 aromatic heterocycles. The molecule has 0 saturated carbocycles. The molecule has 1 amide bonds. The van der Waals surface area contributed by atoms with E-state index in [0.29, 0.717) is 29.3 Å². The Morgan fingerprint density at radius 1 is 1.22 bits per heavy atom. The Kier molecular flexibility index (Phi) is 3.54. The van der Waals surface area contributed by atoms with Crippen molar-refractivity contribution in [2.24, 2.45) is 11.5 Å². The molecule has 0 radical (unpaired) electrons. The van der Waals surface area contributed by atoms with Crippen LogP contribution in [0.5, 0.6) is 11.5 Å². The van der Waals surface area contributed by atoms with Crippen molar-refractivity contribution in [3.8, 4) is 11.5 Å². The van der Waals surface area contributed by atoms with Crippen LogP contribution in [0.1, 0.15) is 16.1 Å². The van der Waals surface area contributed by atoms with Crippen LogP contribution in [0, 0.1) is 0 Å². The van der Waals surface area contributed by atoms with Crippen molar-refractivity contribution in [1.82, 2.24) is 4.98 Å². The number of nitrogens with two attached hydrogens (primary N) is 2. The van der Waals surface area contributed by atoms with Gasteiger partial charge < -0.3 is 16.2 Å². The zero-order valence-corrected chi connectivity index (χ0v) is 9.67. The number of pyridine rings is 1. The number of hydrogen-bond acceptors (Lipinski definition) is 4. The number of hydrogen-bond donors (Lipinski definition) is 2. The Balaban J connectivity index is 2.21. The lowest BCUT2D eigenvalue weighted by atomic mass is 10.2. The molecular weight excluding hydrogens is 230 g/mol. The van der Waals surface area contributed by atoms with Gasteiger partial charge in [0.2, 0.25) is 5.91 Å². The van der Waals surface area contributed by atoms with E-state index in [9.17, 15) is 4.79 Å². The number of aromatic nitrogens is 1. The van der Waals surface area contributed by atoms with Gasteiger partial charge in [0.1, 0.15) is 11.5 Å². The van der Waals surface area contributed by atoms with Crippen LogP contribution >= 0.6 is 0 Å². The Morgan fingerprint density at radius 3 is 2.56 bits per heavy atom. The molecule has 18 heavy (non-hydrogen) atoms. The van der Waals surface area contributed by atoms with Crippen LogP contribution in [0.2, 0.25) is 0 Å². The monoisotopic (exact) mass is 243 g/mol. The average molecular weight is 243 g/mol. The molecule has 4 N–H and O–H groups in total. The summed E-state index contributed by atoms with van der Waals surface area (Å²) in [7, 11) is 0. The number of rotatable bonds is 4. The summed E-state index contributed by atoms with van der Waals surface area (Å²) in [5.74, 6) is 0.736. The van der Waals surface area contributed by atoms with Gasteiger partial charge in [-0.2, -0.15) is 0 Å². The van der Waals surface area contributed by atoms with Gasteiger partial charge in [-0.25, -0.2) is 0 Å². The molecule has 5 nitrogen and oxygen atoms in total. The average Bonchev–Trinajstić information content (AvgIpc) is 2.40. The lowest BCUT2D eigenvalue weighted by Crippen LogP contribution is -2.10. The van der Waals surface area contributed by atoms with Crippen molar-refractivity contribution in [3.63, 3.8) is 0 Å². The third kappa shape index (κ3) is 2.64. The molecule has 0 atom stereocenters. The van der Waals surface area contributed by atoms with E-state index in [4.69, 9.17) is 16.2 Å². The molecule has 5 heteroatoms. The quantitative estimate of drug-likeness (QED) is 0.849. The van der Waals surface area contributed by atoms with E-state index in [1.54, 1.807) is 42.6 Å². The molecule has 1 heterocycles. The highest BCUT2D eigenvalue weighted by atomic mass is 16.5. The minimum Gasteiger partial charge on any atom is -0.455 e. The van der Waals surface area contributed by atoms with Crippen molar-refractivity contribution in [2.75, 3.05) is 0 Å². The second-order valence-electron chi connectivity index (χ2n) is 3.64. The molecule has 2 rings (SSSR count). The van der Waals surface area contributed by atoms with E-state index in [0.717, 1.165) is 0 Å². The van der Waals surface area contributed by atoms with E-state index >= 15 is 0 Å². The Morgan fingerprint density at radius 2 is 1.94 bits per heavy atom. The first-order valence-corrected chi connectivity index (χ1v) is 5.42. The fourth-order valence-corrected chi connectivity index (χ4v) is 1.48. The van der Waals surface area contributed by atoms with Crippen LogP contribution in [-0.4, -0.2) is 10.9 Å². The summed E-state index contributed by atoms with van der Waals surface area (Å²) in [5.41, 5.74) is 11.8. The van der Waals surface area contributed by atoms with Crippen LogP contribution in [0.15, 0.2) is 42.6 Å². The largest absolute Gasteiger partial charge is 0.455 e. The van der Waals surface area contributed by atoms with Gasteiger partial charge in [-0.3, -0.25) is 9.78 Å². The Hall–Kier alpha value is -2.40. The maximum atomic E-state index is 10.9. The normalized spacial score (nSPS) is 10.1. The number of benzene rings is 1. The molecular formula is C13H13N3O2. The molecule has 0 aliphatic carbocycles. The second kappa shape index (κ2) is 5.29. The third-order valence-corrected chi connectivity index (χ3v) is 2.41. The molecule has 0 aliphatic heterocycles. The van der Waals surface area contributed by atoms with Crippen LogP contribution in [0.25, 0.3) is 0 Å². The third-order valence-electron chi connectivity index (χ3n) is 2.41. The van der Waals surface area contributed by atoms with Gasteiger partial charge in [0, 0.05) is 18.3 Å². The first-order valence-electron chi connectivity index (χ1n) is 5.42. The summed E-state index contributed by atoms with van der Waals surface area (Å²) in [4.78, 5) is 15.0. The summed E-state index contributed by atoms with van der Waals surface area (Å²) in [6.45, 7) is 0.301. The summed E-state index contributed by atoms with van der Waals surface area (Å²) in [5, 5.41) is 0. The van der Waals surface area contributed by atoms with Gasteiger partial charge in [0.15, 0.2) is 0 Å². The maximum Gasteiger partial charge on any atom is 0.248 e.